The van der Waals surface area contributed by atoms with Crippen molar-refractivity contribution in [3.8, 4) is 0 Å². The Morgan fingerprint density at radius 3 is 2.67 bits per heavy atom. The Bertz CT molecular complexity index is 1100. The molecule has 1 aliphatic rings. The van der Waals surface area contributed by atoms with Crippen LogP contribution in [0.5, 0.6) is 0 Å². The average molecular weight is 476 g/mol. The molecule has 3 aromatic rings. The van der Waals surface area contributed by atoms with E-state index in [0.29, 0.717) is 34.8 Å². The summed E-state index contributed by atoms with van der Waals surface area (Å²) in [6, 6.07) is 8.87. The third kappa shape index (κ3) is 5.09. The van der Waals surface area contributed by atoms with Crippen LogP contribution in [0.4, 0.5) is 5.82 Å². The summed E-state index contributed by atoms with van der Waals surface area (Å²) >= 11 is 0. The molecular weight excluding hydrogens is 448 g/mol. The molecule has 7 N–H and O–H groups in total. The van der Waals surface area contributed by atoms with Gasteiger partial charge in [-0.25, -0.2) is 15.0 Å². The maximum atomic E-state index is 11.2. The molecule has 1 aliphatic heterocycles. The number of aliphatic hydroxyl groups is 2. The summed E-state index contributed by atoms with van der Waals surface area (Å²) in [6.07, 6.45) is -0.829. The largest absolute Gasteiger partial charge is 0.480 e. The standard InChI is InChI=1S/C21H26N6O5S/c22-13(21(30)31)6-7-33(8-12-4-2-1-3-5-12)9-14-16(28)17(29)20(32-14)27-11-26-15-18(23)24-10-25-19(15)27/h1-5,10-11,13-14,16-17,20,28-29H,6-9,22H2,(H2-,23,24,25,30,31)/p+1/t13-,14+,16?,17-,20+,33?/m0/s1. The predicted molar refractivity (Wildman–Crippen MR) is 123 cm³/mol. The Labute approximate surface area is 192 Å². The lowest BCUT2D eigenvalue weighted by Crippen LogP contribution is -2.38. The van der Waals surface area contributed by atoms with Gasteiger partial charge in [0.1, 0.15) is 53.5 Å². The SMILES string of the molecule is Nc1ncnc2c1ncn2[C@@H]1O[C@H](C[S+](CC[C@H](N)C(=O)O)Cc2ccccc2)C(O)[C@@H]1O. The van der Waals surface area contributed by atoms with Gasteiger partial charge in [0.05, 0.1) is 6.33 Å². The van der Waals surface area contributed by atoms with Gasteiger partial charge < -0.3 is 31.5 Å². The van der Waals surface area contributed by atoms with Crippen molar-refractivity contribution in [2.24, 2.45) is 5.73 Å². The van der Waals surface area contributed by atoms with E-state index in [1.165, 1.54) is 17.2 Å². The van der Waals surface area contributed by atoms with Gasteiger partial charge in [-0.2, -0.15) is 0 Å². The number of hydrogen-bond donors (Lipinski definition) is 5. The second kappa shape index (κ2) is 10.0. The van der Waals surface area contributed by atoms with Crippen LogP contribution in [-0.4, -0.2) is 76.7 Å². The van der Waals surface area contributed by atoms with Crippen LogP contribution < -0.4 is 11.5 Å². The highest BCUT2D eigenvalue weighted by atomic mass is 32.2. The molecule has 4 rings (SSSR count). The van der Waals surface area contributed by atoms with Gasteiger partial charge in [0, 0.05) is 12.0 Å². The normalized spacial score (nSPS) is 24.7. The first-order chi connectivity index (χ1) is 15.8. The van der Waals surface area contributed by atoms with Gasteiger partial charge in [-0.1, -0.05) is 30.3 Å². The van der Waals surface area contributed by atoms with Crippen LogP contribution in [-0.2, 0) is 26.2 Å². The van der Waals surface area contributed by atoms with Crippen LogP contribution in [0.2, 0.25) is 0 Å². The average Bonchev–Trinajstić information content (AvgIpc) is 3.35. The Balaban J connectivity index is 1.51. The first-order valence-electron chi connectivity index (χ1n) is 10.5. The Kier molecular flexibility index (Phi) is 7.10. The molecule has 0 aliphatic carbocycles. The molecule has 0 spiro atoms. The molecule has 3 heterocycles. The minimum Gasteiger partial charge on any atom is -0.480 e. The summed E-state index contributed by atoms with van der Waals surface area (Å²) in [4.78, 5) is 23.5. The number of hydrogen-bond acceptors (Lipinski definition) is 9. The van der Waals surface area contributed by atoms with Gasteiger partial charge in [0.15, 0.2) is 17.7 Å². The molecule has 12 heteroatoms. The summed E-state index contributed by atoms with van der Waals surface area (Å²) in [5, 5.41) is 30.6. The molecule has 1 aromatic carbocycles. The molecule has 6 atom stereocenters. The molecule has 1 saturated heterocycles. The molecule has 2 unspecified atom stereocenters. The maximum Gasteiger partial charge on any atom is 0.320 e. The minimum atomic E-state index is -1.20. The van der Waals surface area contributed by atoms with E-state index < -0.39 is 36.6 Å². The first kappa shape index (κ1) is 23.4. The highest BCUT2D eigenvalue weighted by Crippen LogP contribution is 2.33. The third-order valence-electron chi connectivity index (χ3n) is 5.65. The van der Waals surface area contributed by atoms with E-state index in [0.717, 1.165) is 5.56 Å². The fourth-order valence-electron chi connectivity index (χ4n) is 3.83. The summed E-state index contributed by atoms with van der Waals surface area (Å²) in [7, 11) is -0.341. The smallest absolute Gasteiger partial charge is 0.320 e. The Morgan fingerprint density at radius 1 is 1.18 bits per heavy atom. The van der Waals surface area contributed by atoms with Crippen molar-refractivity contribution in [1.29, 1.82) is 0 Å². The van der Waals surface area contributed by atoms with E-state index in [2.05, 4.69) is 15.0 Å². The summed E-state index contributed by atoms with van der Waals surface area (Å²) in [5.74, 6) is 0.868. The van der Waals surface area contributed by atoms with Gasteiger partial charge in [-0.05, 0) is 10.9 Å². The Hall–Kier alpha value is -2.77. The van der Waals surface area contributed by atoms with Crippen LogP contribution in [0.3, 0.4) is 0 Å². The van der Waals surface area contributed by atoms with Gasteiger partial charge in [0.2, 0.25) is 0 Å². The molecule has 0 radical (unpaired) electrons. The summed E-state index contributed by atoms with van der Waals surface area (Å²) < 4.78 is 7.62. The molecule has 176 valence electrons. The second-order valence-corrected chi connectivity index (χ2v) is 10.2. The lowest BCUT2D eigenvalue weighted by Gasteiger charge is -2.17. The fraction of sp³-hybridized carbons (Fsp3) is 0.429. The zero-order chi connectivity index (χ0) is 23.5. The predicted octanol–water partition coefficient (Wildman–Crippen LogP) is -0.352. The third-order valence-corrected chi connectivity index (χ3v) is 8.00. The number of nitrogens with zero attached hydrogens (tertiary/aromatic N) is 4. The number of ether oxygens (including phenoxy) is 1. The van der Waals surface area contributed by atoms with Gasteiger partial charge >= 0.3 is 5.97 Å². The van der Waals surface area contributed by atoms with Crippen LogP contribution in [0.25, 0.3) is 11.2 Å². The van der Waals surface area contributed by atoms with E-state index >= 15 is 0 Å². The monoisotopic (exact) mass is 475 g/mol. The number of nitrogen functional groups attached to an aromatic ring is 1. The number of imidazole rings is 1. The molecule has 33 heavy (non-hydrogen) atoms. The van der Waals surface area contributed by atoms with Crippen LogP contribution in [0.15, 0.2) is 43.0 Å². The van der Waals surface area contributed by atoms with Crippen LogP contribution in [0, 0.1) is 0 Å². The number of nitrogens with two attached hydrogens (primary N) is 2. The number of rotatable bonds is 9. The van der Waals surface area contributed by atoms with Crippen molar-refractivity contribution in [3.63, 3.8) is 0 Å². The number of carbonyl (C=O) groups is 1. The number of fused-ring (bicyclic) bond motifs is 1. The van der Waals surface area contributed by atoms with Gasteiger partial charge in [0.25, 0.3) is 0 Å². The second-order valence-electron chi connectivity index (χ2n) is 7.98. The zero-order valence-electron chi connectivity index (χ0n) is 17.8. The Morgan fingerprint density at radius 2 is 1.94 bits per heavy atom. The first-order valence-corrected chi connectivity index (χ1v) is 12.2. The number of aromatic nitrogens is 4. The maximum absolute atomic E-state index is 11.2. The van der Waals surface area contributed by atoms with Gasteiger partial charge in [-0.15, -0.1) is 0 Å². The molecular formula is C21H27N6O5S+. The van der Waals surface area contributed by atoms with E-state index in [9.17, 15) is 15.0 Å². The van der Waals surface area contributed by atoms with Crippen molar-refractivity contribution < 1.29 is 24.9 Å². The van der Waals surface area contributed by atoms with Crippen LogP contribution >= 0.6 is 0 Å². The molecule has 2 aromatic heterocycles. The molecule has 0 amide bonds. The van der Waals surface area contributed by atoms with Crippen molar-refractivity contribution >= 4 is 33.8 Å². The lowest BCUT2D eigenvalue weighted by molar-refractivity contribution is -0.138. The zero-order valence-corrected chi connectivity index (χ0v) is 18.6. The van der Waals surface area contributed by atoms with E-state index in [1.54, 1.807) is 0 Å². The number of carboxylic acids is 1. The minimum absolute atomic E-state index is 0.211. The quantitative estimate of drug-likeness (QED) is 0.256. The number of aliphatic hydroxyl groups excluding tert-OH is 2. The van der Waals surface area contributed by atoms with E-state index in [4.69, 9.17) is 21.3 Å². The molecule has 1 fully saturated rings. The van der Waals surface area contributed by atoms with Crippen LogP contribution in [0.1, 0.15) is 18.2 Å². The number of anilines is 1. The van der Waals surface area contributed by atoms with Crippen molar-refractivity contribution in [2.45, 2.75) is 42.8 Å². The van der Waals surface area contributed by atoms with Gasteiger partial charge in [-0.3, -0.25) is 9.36 Å². The van der Waals surface area contributed by atoms with E-state index in [-0.39, 0.29) is 16.7 Å². The van der Waals surface area contributed by atoms with Crippen molar-refractivity contribution in [1.82, 2.24) is 19.5 Å². The summed E-state index contributed by atoms with van der Waals surface area (Å²) in [5.41, 5.74) is 13.4. The number of aliphatic carboxylic acids is 1. The van der Waals surface area contributed by atoms with E-state index in [1.807, 2.05) is 30.3 Å². The highest BCUT2D eigenvalue weighted by molar-refractivity contribution is 7.96. The fourth-order valence-corrected chi connectivity index (χ4v) is 6.25. The highest BCUT2D eigenvalue weighted by Gasteiger charge is 2.47. The summed E-state index contributed by atoms with van der Waals surface area (Å²) in [6.45, 7) is 0. The topological polar surface area (TPSA) is 183 Å². The molecule has 11 nitrogen and oxygen atoms in total. The molecule has 0 saturated carbocycles. The van der Waals surface area contributed by atoms with Crippen molar-refractivity contribution in [2.75, 3.05) is 17.2 Å². The van der Waals surface area contributed by atoms with Crippen molar-refractivity contribution in [3.05, 3.63) is 48.5 Å². The lowest BCUT2D eigenvalue weighted by atomic mass is 10.1. The number of carboxylic acid groups (broad SMARTS) is 1. The number of benzene rings is 1. The molecule has 0 bridgehead atoms.